The Kier molecular flexibility index (Phi) is 3.84. The summed E-state index contributed by atoms with van der Waals surface area (Å²) in [5, 5.41) is 9.22. The lowest BCUT2D eigenvalue weighted by molar-refractivity contribution is 0.628. The molecule has 0 aliphatic heterocycles. The summed E-state index contributed by atoms with van der Waals surface area (Å²) in [5.41, 5.74) is 7.82. The second-order valence-electron chi connectivity index (χ2n) is 3.90. The van der Waals surface area contributed by atoms with Gasteiger partial charge in [-0.05, 0) is 23.8 Å². The van der Waals surface area contributed by atoms with E-state index in [1.807, 2.05) is 18.2 Å². The zero-order chi connectivity index (χ0) is 13.8. The van der Waals surface area contributed by atoms with Crippen LogP contribution < -0.4 is 5.73 Å². The monoisotopic (exact) mass is 272 g/mol. The van der Waals surface area contributed by atoms with E-state index in [1.165, 1.54) is 18.2 Å². The Morgan fingerprint density at radius 2 is 1.79 bits per heavy atom. The molecule has 0 amide bonds. The third kappa shape index (κ3) is 2.75. The first-order valence-electron chi connectivity index (χ1n) is 5.54. The van der Waals surface area contributed by atoms with Crippen LogP contribution in [0.5, 0.6) is 0 Å². The molecule has 2 N–H and O–H groups in total. The van der Waals surface area contributed by atoms with Gasteiger partial charge in [-0.3, -0.25) is 0 Å². The van der Waals surface area contributed by atoms with E-state index < -0.39 is 5.82 Å². The van der Waals surface area contributed by atoms with Crippen molar-refractivity contribution in [3.63, 3.8) is 0 Å². The first-order chi connectivity index (χ1) is 9.13. The minimum atomic E-state index is -0.517. The fraction of sp³-hybridized carbons (Fsp3) is 0. The first kappa shape index (κ1) is 13.1. The molecular formula is C15H10ClFN2. The van der Waals surface area contributed by atoms with Crippen molar-refractivity contribution >= 4 is 22.9 Å². The van der Waals surface area contributed by atoms with Gasteiger partial charge in [0.15, 0.2) is 0 Å². The third-order valence-electron chi connectivity index (χ3n) is 2.67. The highest BCUT2D eigenvalue weighted by Gasteiger charge is 2.10. The van der Waals surface area contributed by atoms with Gasteiger partial charge < -0.3 is 5.73 Å². The molecule has 0 saturated heterocycles. The average Bonchev–Trinajstić information content (AvgIpc) is 2.44. The van der Waals surface area contributed by atoms with E-state index in [0.29, 0.717) is 16.7 Å². The minimum Gasteiger partial charge on any atom is -0.397 e. The topological polar surface area (TPSA) is 49.8 Å². The van der Waals surface area contributed by atoms with Gasteiger partial charge in [0, 0.05) is 5.56 Å². The first-order valence-corrected chi connectivity index (χ1v) is 5.92. The zero-order valence-corrected chi connectivity index (χ0v) is 10.7. The highest BCUT2D eigenvalue weighted by Crippen LogP contribution is 2.25. The molecule has 0 bridgehead atoms. The lowest BCUT2D eigenvalue weighted by atomic mass is 10.0. The molecule has 0 heterocycles. The fourth-order valence-corrected chi connectivity index (χ4v) is 1.87. The summed E-state index contributed by atoms with van der Waals surface area (Å²) in [6.07, 6.45) is 0. The van der Waals surface area contributed by atoms with Crippen molar-refractivity contribution in [2.45, 2.75) is 0 Å². The van der Waals surface area contributed by atoms with Gasteiger partial charge in [0.05, 0.1) is 16.3 Å². The van der Waals surface area contributed by atoms with Gasteiger partial charge in [-0.25, -0.2) is 4.39 Å². The zero-order valence-electron chi connectivity index (χ0n) is 9.90. The molecule has 19 heavy (non-hydrogen) atoms. The van der Waals surface area contributed by atoms with Crippen LogP contribution in [0.2, 0.25) is 5.02 Å². The molecule has 0 radical (unpaired) electrons. The number of allylic oxidation sites excluding steroid dienone is 1. The fourth-order valence-electron chi connectivity index (χ4n) is 1.69. The van der Waals surface area contributed by atoms with Crippen molar-refractivity contribution in [3.05, 3.63) is 70.5 Å². The smallest absolute Gasteiger partial charge is 0.141 e. The maximum Gasteiger partial charge on any atom is 0.141 e. The van der Waals surface area contributed by atoms with Crippen LogP contribution in [-0.2, 0) is 0 Å². The van der Waals surface area contributed by atoms with Crippen LogP contribution in [0.3, 0.4) is 0 Å². The van der Waals surface area contributed by atoms with Crippen molar-refractivity contribution in [1.29, 1.82) is 5.26 Å². The molecule has 0 spiro atoms. The van der Waals surface area contributed by atoms with Crippen LogP contribution in [0.4, 0.5) is 4.39 Å². The maximum absolute atomic E-state index is 13.1. The lowest BCUT2D eigenvalue weighted by Crippen LogP contribution is -2.01. The summed E-state index contributed by atoms with van der Waals surface area (Å²) < 4.78 is 13.1. The van der Waals surface area contributed by atoms with Gasteiger partial charge in [0.2, 0.25) is 0 Å². The SMILES string of the molecule is N#C/C(=C(/N)c1ccc(F)c(Cl)c1)c1ccccc1. The Balaban J connectivity index is 2.56. The molecule has 0 aliphatic carbocycles. The second-order valence-corrected chi connectivity index (χ2v) is 4.30. The highest BCUT2D eigenvalue weighted by molar-refractivity contribution is 6.31. The Bertz CT molecular complexity index is 672. The van der Waals surface area contributed by atoms with Gasteiger partial charge in [0.1, 0.15) is 11.9 Å². The molecule has 0 fully saturated rings. The second kappa shape index (κ2) is 5.55. The predicted molar refractivity (Wildman–Crippen MR) is 74.5 cm³/mol. The van der Waals surface area contributed by atoms with E-state index in [2.05, 4.69) is 6.07 Å². The van der Waals surface area contributed by atoms with Crippen LogP contribution >= 0.6 is 11.6 Å². The predicted octanol–water partition coefficient (Wildman–Crippen LogP) is 3.83. The Labute approximate surface area is 115 Å². The number of nitrogens with zero attached hydrogens (tertiary/aromatic N) is 1. The minimum absolute atomic E-state index is 0.0224. The number of halogens is 2. The molecule has 0 aromatic heterocycles. The normalized spacial score (nSPS) is 11.6. The summed E-state index contributed by atoms with van der Waals surface area (Å²) in [5.74, 6) is -0.517. The number of rotatable bonds is 2. The summed E-state index contributed by atoms with van der Waals surface area (Å²) in [6.45, 7) is 0. The standard InChI is InChI=1S/C15H10ClFN2/c16-13-8-11(6-7-14(13)17)15(19)12(9-18)10-4-2-1-3-5-10/h1-8H,19H2/b15-12-. The molecule has 94 valence electrons. The van der Waals surface area contributed by atoms with E-state index in [9.17, 15) is 9.65 Å². The summed E-state index contributed by atoms with van der Waals surface area (Å²) in [7, 11) is 0. The molecule has 4 heteroatoms. The molecular weight excluding hydrogens is 263 g/mol. The van der Waals surface area contributed by atoms with Crippen LogP contribution in [0.15, 0.2) is 48.5 Å². The Hall–Kier alpha value is -2.31. The molecule has 2 aromatic carbocycles. The molecule has 0 unspecified atom stereocenters. The average molecular weight is 273 g/mol. The Morgan fingerprint density at radius 3 is 2.37 bits per heavy atom. The summed E-state index contributed by atoms with van der Waals surface area (Å²) in [6, 6.07) is 15.3. The Morgan fingerprint density at radius 1 is 1.11 bits per heavy atom. The number of hydrogen-bond donors (Lipinski definition) is 1. The number of nitriles is 1. The van der Waals surface area contributed by atoms with Gasteiger partial charge >= 0.3 is 0 Å². The van der Waals surface area contributed by atoms with E-state index in [-0.39, 0.29) is 10.7 Å². The van der Waals surface area contributed by atoms with Crippen LogP contribution in [-0.4, -0.2) is 0 Å². The number of hydrogen-bond acceptors (Lipinski definition) is 2. The molecule has 2 rings (SSSR count). The van der Waals surface area contributed by atoms with Crippen LogP contribution in [0.25, 0.3) is 11.3 Å². The maximum atomic E-state index is 13.1. The highest BCUT2D eigenvalue weighted by atomic mass is 35.5. The van der Waals surface area contributed by atoms with E-state index in [4.69, 9.17) is 17.3 Å². The van der Waals surface area contributed by atoms with Crippen LogP contribution in [0.1, 0.15) is 11.1 Å². The number of nitrogens with two attached hydrogens (primary N) is 1. The van der Waals surface area contributed by atoms with Crippen molar-refractivity contribution in [2.75, 3.05) is 0 Å². The largest absolute Gasteiger partial charge is 0.397 e. The van der Waals surface area contributed by atoms with E-state index in [1.54, 1.807) is 12.1 Å². The van der Waals surface area contributed by atoms with Gasteiger partial charge in [-0.2, -0.15) is 5.26 Å². The number of benzene rings is 2. The lowest BCUT2D eigenvalue weighted by Gasteiger charge is -2.07. The van der Waals surface area contributed by atoms with Gasteiger partial charge in [-0.15, -0.1) is 0 Å². The van der Waals surface area contributed by atoms with Crippen molar-refractivity contribution in [2.24, 2.45) is 5.73 Å². The van der Waals surface area contributed by atoms with Crippen molar-refractivity contribution < 1.29 is 4.39 Å². The molecule has 0 atom stereocenters. The van der Waals surface area contributed by atoms with E-state index >= 15 is 0 Å². The van der Waals surface area contributed by atoms with Crippen molar-refractivity contribution in [1.82, 2.24) is 0 Å². The van der Waals surface area contributed by atoms with Crippen LogP contribution in [0, 0.1) is 17.1 Å². The quantitative estimate of drug-likeness (QED) is 0.667. The summed E-state index contributed by atoms with van der Waals surface area (Å²) >= 11 is 5.72. The molecule has 2 aromatic rings. The molecule has 0 aliphatic rings. The van der Waals surface area contributed by atoms with Crippen molar-refractivity contribution in [3.8, 4) is 6.07 Å². The molecule has 2 nitrogen and oxygen atoms in total. The summed E-state index contributed by atoms with van der Waals surface area (Å²) in [4.78, 5) is 0. The molecule has 0 saturated carbocycles. The third-order valence-corrected chi connectivity index (χ3v) is 2.96. The van der Waals surface area contributed by atoms with E-state index in [0.717, 1.165) is 0 Å². The van der Waals surface area contributed by atoms with Gasteiger partial charge in [0.25, 0.3) is 0 Å². The van der Waals surface area contributed by atoms with Gasteiger partial charge in [-0.1, -0.05) is 41.9 Å².